The monoisotopic (exact) mass is 329 g/mol. The van der Waals surface area contributed by atoms with Crippen LogP contribution < -0.4 is 4.74 Å². The van der Waals surface area contributed by atoms with Crippen LogP contribution in [0.25, 0.3) is 0 Å². The zero-order valence-corrected chi connectivity index (χ0v) is 14.3. The standard InChI is InChI=1S/C17H23N5O2/c1-12(2)22-11-19-20-16(22)13-6-8-21(9-7-13)17(23)14-4-5-15(24-3)18-10-14/h4-5,10-13H,6-9H2,1-3H3. The van der Waals surface area contributed by atoms with Crippen LogP contribution in [-0.4, -0.2) is 50.8 Å². The van der Waals surface area contributed by atoms with Crippen LogP contribution in [0.5, 0.6) is 5.88 Å². The number of ether oxygens (including phenoxy) is 1. The van der Waals surface area contributed by atoms with Gasteiger partial charge in [0.2, 0.25) is 5.88 Å². The number of carbonyl (C=O) groups excluding carboxylic acids is 1. The third-order valence-electron chi connectivity index (χ3n) is 4.50. The van der Waals surface area contributed by atoms with E-state index in [0.29, 0.717) is 23.4 Å². The summed E-state index contributed by atoms with van der Waals surface area (Å²) in [6, 6.07) is 3.82. The number of carbonyl (C=O) groups is 1. The van der Waals surface area contributed by atoms with Gasteiger partial charge in [-0.1, -0.05) is 0 Å². The summed E-state index contributed by atoms with van der Waals surface area (Å²) in [4.78, 5) is 18.6. The van der Waals surface area contributed by atoms with Crippen LogP contribution in [0.15, 0.2) is 24.7 Å². The molecule has 0 saturated carbocycles. The number of hydrogen-bond acceptors (Lipinski definition) is 5. The Labute approximate surface area is 141 Å². The third-order valence-corrected chi connectivity index (χ3v) is 4.50. The molecule has 0 radical (unpaired) electrons. The molecular weight excluding hydrogens is 306 g/mol. The smallest absolute Gasteiger partial charge is 0.255 e. The van der Waals surface area contributed by atoms with Crippen molar-refractivity contribution in [3.63, 3.8) is 0 Å². The molecule has 0 bridgehead atoms. The van der Waals surface area contributed by atoms with Crippen LogP contribution in [0.4, 0.5) is 0 Å². The molecule has 3 rings (SSSR count). The maximum atomic E-state index is 12.6. The SMILES string of the molecule is COc1ccc(C(=O)N2CCC(c3nncn3C(C)C)CC2)cn1. The van der Waals surface area contributed by atoms with E-state index in [2.05, 4.69) is 33.6 Å². The molecule has 0 atom stereocenters. The summed E-state index contributed by atoms with van der Waals surface area (Å²) >= 11 is 0. The van der Waals surface area contributed by atoms with Crippen molar-refractivity contribution >= 4 is 5.91 Å². The molecule has 0 aliphatic carbocycles. The fourth-order valence-corrected chi connectivity index (χ4v) is 3.09. The van der Waals surface area contributed by atoms with Gasteiger partial charge < -0.3 is 14.2 Å². The molecule has 7 heteroatoms. The Kier molecular flexibility index (Phi) is 4.78. The van der Waals surface area contributed by atoms with Crippen molar-refractivity contribution in [1.29, 1.82) is 0 Å². The molecule has 2 aromatic heterocycles. The number of aromatic nitrogens is 4. The van der Waals surface area contributed by atoms with Gasteiger partial charge in [0.1, 0.15) is 12.2 Å². The van der Waals surface area contributed by atoms with Crippen LogP contribution in [0.3, 0.4) is 0 Å². The zero-order chi connectivity index (χ0) is 17.1. The van der Waals surface area contributed by atoms with Crippen LogP contribution in [-0.2, 0) is 0 Å². The highest BCUT2D eigenvalue weighted by atomic mass is 16.5. The Morgan fingerprint density at radius 2 is 2.04 bits per heavy atom. The van der Waals surface area contributed by atoms with Gasteiger partial charge in [0.15, 0.2) is 0 Å². The molecule has 1 amide bonds. The predicted molar refractivity (Wildman–Crippen MR) is 89.1 cm³/mol. The largest absolute Gasteiger partial charge is 0.481 e. The fraction of sp³-hybridized carbons (Fsp3) is 0.529. The van der Waals surface area contributed by atoms with E-state index in [0.717, 1.165) is 31.8 Å². The molecule has 128 valence electrons. The molecular formula is C17H23N5O2. The number of rotatable bonds is 4. The summed E-state index contributed by atoms with van der Waals surface area (Å²) in [5.41, 5.74) is 0.597. The first-order valence-electron chi connectivity index (χ1n) is 8.29. The van der Waals surface area contributed by atoms with Crippen LogP contribution in [0.1, 0.15) is 54.8 Å². The number of hydrogen-bond donors (Lipinski definition) is 0. The highest BCUT2D eigenvalue weighted by Crippen LogP contribution is 2.28. The second-order valence-corrected chi connectivity index (χ2v) is 6.35. The highest BCUT2D eigenvalue weighted by Gasteiger charge is 2.28. The van der Waals surface area contributed by atoms with Crippen molar-refractivity contribution in [2.75, 3.05) is 20.2 Å². The highest BCUT2D eigenvalue weighted by molar-refractivity contribution is 5.94. The molecule has 24 heavy (non-hydrogen) atoms. The van der Waals surface area contributed by atoms with Crippen molar-refractivity contribution in [2.24, 2.45) is 0 Å². The molecule has 0 spiro atoms. The first-order chi connectivity index (χ1) is 11.6. The van der Waals surface area contributed by atoms with Gasteiger partial charge >= 0.3 is 0 Å². The predicted octanol–water partition coefficient (Wildman–Crippen LogP) is 2.28. The maximum absolute atomic E-state index is 12.6. The Morgan fingerprint density at radius 1 is 1.29 bits per heavy atom. The van der Waals surface area contributed by atoms with Gasteiger partial charge in [-0.2, -0.15) is 0 Å². The van der Waals surface area contributed by atoms with Gasteiger partial charge in [-0.3, -0.25) is 4.79 Å². The lowest BCUT2D eigenvalue weighted by Crippen LogP contribution is -2.38. The molecule has 1 aliphatic heterocycles. The third kappa shape index (κ3) is 3.25. The molecule has 0 aromatic carbocycles. The van der Waals surface area contributed by atoms with Crippen molar-refractivity contribution in [3.05, 3.63) is 36.0 Å². The zero-order valence-electron chi connectivity index (χ0n) is 14.3. The van der Waals surface area contributed by atoms with Crippen molar-refractivity contribution < 1.29 is 9.53 Å². The van der Waals surface area contributed by atoms with Crippen LogP contribution in [0, 0.1) is 0 Å². The lowest BCUT2D eigenvalue weighted by atomic mass is 9.95. The van der Waals surface area contributed by atoms with Crippen molar-refractivity contribution in [2.45, 2.75) is 38.6 Å². The van der Waals surface area contributed by atoms with E-state index in [1.165, 1.54) is 0 Å². The molecule has 0 unspecified atom stereocenters. The van der Waals surface area contributed by atoms with Gasteiger partial charge in [-0.05, 0) is 32.8 Å². The molecule has 7 nitrogen and oxygen atoms in total. The van der Waals surface area contributed by atoms with Gasteiger partial charge in [0.25, 0.3) is 5.91 Å². The molecule has 0 N–H and O–H groups in total. The van der Waals surface area contributed by atoms with Crippen LogP contribution >= 0.6 is 0 Å². The summed E-state index contributed by atoms with van der Waals surface area (Å²) in [6.07, 6.45) is 5.17. The van der Waals surface area contributed by atoms with E-state index in [9.17, 15) is 4.79 Å². The molecule has 1 saturated heterocycles. The van der Waals surface area contributed by atoms with Crippen LogP contribution in [0.2, 0.25) is 0 Å². The quantitative estimate of drug-likeness (QED) is 0.860. The molecule has 3 heterocycles. The Hall–Kier alpha value is -2.44. The summed E-state index contributed by atoms with van der Waals surface area (Å²) < 4.78 is 7.15. The Bertz CT molecular complexity index is 687. The average Bonchev–Trinajstić information content (AvgIpc) is 3.11. The van der Waals surface area contributed by atoms with E-state index in [1.54, 1.807) is 31.8 Å². The number of nitrogens with zero attached hydrogens (tertiary/aromatic N) is 5. The molecule has 1 aliphatic rings. The van der Waals surface area contributed by atoms with E-state index in [-0.39, 0.29) is 5.91 Å². The van der Waals surface area contributed by atoms with E-state index < -0.39 is 0 Å². The number of methoxy groups -OCH3 is 1. The van der Waals surface area contributed by atoms with Gasteiger partial charge in [-0.15, -0.1) is 10.2 Å². The van der Waals surface area contributed by atoms with E-state index in [4.69, 9.17) is 4.74 Å². The Balaban J connectivity index is 1.64. The summed E-state index contributed by atoms with van der Waals surface area (Å²) in [7, 11) is 1.56. The topological polar surface area (TPSA) is 73.1 Å². The summed E-state index contributed by atoms with van der Waals surface area (Å²) in [5.74, 6) is 1.92. The lowest BCUT2D eigenvalue weighted by Gasteiger charge is -2.32. The average molecular weight is 329 g/mol. The maximum Gasteiger partial charge on any atom is 0.255 e. The first kappa shape index (κ1) is 16.4. The van der Waals surface area contributed by atoms with E-state index >= 15 is 0 Å². The second kappa shape index (κ2) is 6.98. The van der Waals surface area contributed by atoms with Gasteiger partial charge in [0, 0.05) is 37.3 Å². The summed E-state index contributed by atoms with van der Waals surface area (Å²) in [6.45, 7) is 5.70. The number of likely N-dealkylation sites (tertiary alicyclic amines) is 1. The van der Waals surface area contributed by atoms with Gasteiger partial charge in [-0.25, -0.2) is 4.98 Å². The fourth-order valence-electron chi connectivity index (χ4n) is 3.09. The van der Waals surface area contributed by atoms with E-state index in [1.807, 2.05) is 4.90 Å². The number of pyridine rings is 1. The minimum Gasteiger partial charge on any atom is -0.481 e. The molecule has 1 fully saturated rings. The summed E-state index contributed by atoms with van der Waals surface area (Å²) in [5, 5.41) is 8.34. The minimum atomic E-state index is 0.0222. The Morgan fingerprint density at radius 3 is 2.62 bits per heavy atom. The van der Waals surface area contributed by atoms with Crippen molar-refractivity contribution in [1.82, 2.24) is 24.6 Å². The first-order valence-corrected chi connectivity index (χ1v) is 8.29. The number of amides is 1. The van der Waals surface area contributed by atoms with Gasteiger partial charge in [0.05, 0.1) is 12.7 Å². The lowest BCUT2D eigenvalue weighted by molar-refractivity contribution is 0.0709. The van der Waals surface area contributed by atoms with Crippen molar-refractivity contribution in [3.8, 4) is 5.88 Å². The number of piperidine rings is 1. The second-order valence-electron chi connectivity index (χ2n) is 6.35. The minimum absolute atomic E-state index is 0.0222. The molecule has 2 aromatic rings. The normalized spacial score (nSPS) is 15.8.